The molecule has 9 nitrogen and oxygen atoms in total. The maximum absolute atomic E-state index is 12.4. The molecule has 27 heavy (non-hydrogen) atoms. The lowest BCUT2D eigenvalue weighted by atomic mass is 10.2. The van der Waals surface area contributed by atoms with E-state index in [0.29, 0.717) is 36.1 Å². The Morgan fingerprint density at radius 3 is 2.59 bits per heavy atom. The Morgan fingerprint density at radius 1 is 1.15 bits per heavy atom. The van der Waals surface area contributed by atoms with E-state index in [1.165, 1.54) is 12.3 Å². The van der Waals surface area contributed by atoms with E-state index in [0.717, 1.165) is 0 Å². The number of rotatable bonds is 5. The van der Waals surface area contributed by atoms with E-state index < -0.39 is 11.8 Å². The number of carbonyl (C=O) groups is 2. The van der Waals surface area contributed by atoms with Crippen molar-refractivity contribution in [3.05, 3.63) is 40.7 Å². The van der Waals surface area contributed by atoms with Crippen LogP contribution in [0.2, 0.25) is 5.02 Å². The zero-order valence-corrected chi connectivity index (χ0v) is 15.5. The Labute approximate surface area is 160 Å². The van der Waals surface area contributed by atoms with Gasteiger partial charge in [-0.15, -0.1) is 0 Å². The van der Waals surface area contributed by atoms with Gasteiger partial charge < -0.3 is 14.4 Å². The number of hydrazine groups is 1. The molecule has 142 valence electrons. The molecule has 1 aromatic carbocycles. The molecule has 0 fully saturated rings. The van der Waals surface area contributed by atoms with Crippen molar-refractivity contribution in [3.63, 3.8) is 0 Å². The minimum Gasteiger partial charge on any atom is -0.454 e. The Morgan fingerprint density at radius 2 is 1.85 bits per heavy atom. The number of halogens is 1. The molecule has 0 aliphatic carbocycles. The zero-order valence-electron chi connectivity index (χ0n) is 14.8. The molecule has 1 aliphatic rings. The first-order valence-corrected chi connectivity index (χ1v) is 8.69. The van der Waals surface area contributed by atoms with Crippen molar-refractivity contribution in [2.45, 2.75) is 13.8 Å². The van der Waals surface area contributed by atoms with Crippen LogP contribution in [0.5, 0.6) is 11.5 Å². The summed E-state index contributed by atoms with van der Waals surface area (Å²) in [7, 11) is 0. The number of ether oxygens (including phenoxy) is 2. The van der Waals surface area contributed by atoms with Crippen molar-refractivity contribution in [1.29, 1.82) is 0 Å². The van der Waals surface area contributed by atoms with Crippen LogP contribution in [0.15, 0.2) is 24.4 Å². The molecule has 2 heterocycles. The van der Waals surface area contributed by atoms with Gasteiger partial charge in [0, 0.05) is 18.7 Å². The van der Waals surface area contributed by atoms with Gasteiger partial charge in [0.1, 0.15) is 0 Å². The third-order valence-electron chi connectivity index (χ3n) is 3.92. The van der Waals surface area contributed by atoms with Crippen molar-refractivity contribution >= 4 is 29.4 Å². The fourth-order valence-electron chi connectivity index (χ4n) is 2.46. The van der Waals surface area contributed by atoms with E-state index in [2.05, 4.69) is 20.8 Å². The van der Waals surface area contributed by atoms with E-state index in [1.54, 1.807) is 12.1 Å². The number of nitrogens with zero attached hydrogens (tertiary/aromatic N) is 3. The summed E-state index contributed by atoms with van der Waals surface area (Å²) in [5.74, 6) is 0.251. The highest BCUT2D eigenvalue weighted by atomic mass is 35.5. The average Bonchev–Trinajstić information content (AvgIpc) is 3.15. The fourth-order valence-corrected chi connectivity index (χ4v) is 2.64. The summed E-state index contributed by atoms with van der Waals surface area (Å²) in [6, 6.07) is 4.71. The smallest absolute Gasteiger partial charge is 0.290 e. The lowest BCUT2D eigenvalue weighted by molar-refractivity contribution is 0.0844. The van der Waals surface area contributed by atoms with Crippen LogP contribution in [-0.4, -0.2) is 41.7 Å². The van der Waals surface area contributed by atoms with Crippen LogP contribution in [0.1, 0.15) is 34.7 Å². The van der Waals surface area contributed by atoms with E-state index in [-0.39, 0.29) is 17.5 Å². The molecule has 0 saturated carbocycles. The van der Waals surface area contributed by atoms with E-state index >= 15 is 0 Å². The molecule has 3 rings (SSSR count). The standard InChI is InChI=1S/C17H18ClN5O4/c1-3-23(4-2)17-19-8-11(18)14(20-17)16(25)22-21-15(24)10-5-6-12-13(7-10)27-9-26-12/h5-8H,3-4,9H2,1-2H3,(H,21,24)(H,22,25). The second kappa shape index (κ2) is 8.09. The summed E-state index contributed by atoms with van der Waals surface area (Å²) in [4.78, 5) is 34.8. The summed E-state index contributed by atoms with van der Waals surface area (Å²) in [6.45, 7) is 5.37. The molecule has 1 aromatic heterocycles. The van der Waals surface area contributed by atoms with Gasteiger partial charge in [-0.05, 0) is 32.0 Å². The first-order valence-electron chi connectivity index (χ1n) is 8.31. The van der Waals surface area contributed by atoms with Gasteiger partial charge >= 0.3 is 0 Å². The van der Waals surface area contributed by atoms with Crippen molar-refractivity contribution in [2.24, 2.45) is 0 Å². The Hall–Kier alpha value is -3.07. The van der Waals surface area contributed by atoms with Gasteiger partial charge in [-0.1, -0.05) is 11.6 Å². The summed E-state index contributed by atoms with van der Waals surface area (Å²) in [5, 5.41) is 0.0840. The van der Waals surface area contributed by atoms with E-state index in [1.807, 2.05) is 18.7 Å². The lowest BCUT2D eigenvalue weighted by Gasteiger charge is -2.19. The average molecular weight is 392 g/mol. The third kappa shape index (κ3) is 4.03. The summed E-state index contributed by atoms with van der Waals surface area (Å²) >= 11 is 6.03. The number of hydrogen-bond acceptors (Lipinski definition) is 7. The molecule has 2 amide bonds. The van der Waals surface area contributed by atoms with Crippen LogP contribution in [0.4, 0.5) is 5.95 Å². The van der Waals surface area contributed by atoms with E-state index in [4.69, 9.17) is 21.1 Å². The Balaban J connectivity index is 1.68. The number of carbonyl (C=O) groups excluding carboxylic acids is 2. The molecule has 2 aromatic rings. The van der Waals surface area contributed by atoms with Crippen molar-refractivity contribution in [2.75, 3.05) is 24.8 Å². The first kappa shape index (κ1) is 18.7. The predicted molar refractivity (Wildman–Crippen MR) is 98.1 cm³/mol. The maximum atomic E-state index is 12.4. The third-order valence-corrected chi connectivity index (χ3v) is 4.19. The fraction of sp³-hybridized carbons (Fsp3) is 0.294. The highest BCUT2D eigenvalue weighted by Crippen LogP contribution is 2.32. The monoisotopic (exact) mass is 391 g/mol. The first-order chi connectivity index (χ1) is 13.0. The highest BCUT2D eigenvalue weighted by molar-refractivity contribution is 6.33. The van der Waals surface area contributed by atoms with Gasteiger partial charge in [-0.3, -0.25) is 20.4 Å². The quantitative estimate of drug-likeness (QED) is 0.748. The number of anilines is 1. The summed E-state index contributed by atoms with van der Waals surface area (Å²) in [6.07, 6.45) is 1.36. The van der Waals surface area contributed by atoms with Gasteiger partial charge in [0.15, 0.2) is 17.2 Å². The molecule has 2 N–H and O–H groups in total. The van der Waals surface area contributed by atoms with Crippen LogP contribution in [0.25, 0.3) is 0 Å². The van der Waals surface area contributed by atoms with Crippen LogP contribution in [-0.2, 0) is 0 Å². The van der Waals surface area contributed by atoms with E-state index in [9.17, 15) is 9.59 Å². The number of hydrogen-bond donors (Lipinski definition) is 2. The molecule has 0 bridgehead atoms. The molecule has 0 spiro atoms. The van der Waals surface area contributed by atoms with Gasteiger partial charge in [-0.2, -0.15) is 0 Å². The summed E-state index contributed by atoms with van der Waals surface area (Å²) < 4.78 is 10.4. The normalized spacial score (nSPS) is 11.8. The molecule has 10 heteroatoms. The van der Waals surface area contributed by atoms with Gasteiger partial charge in [0.25, 0.3) is 11.8 Å². The van der Waals surface area contributed by atoms with Crippen LogP contribution in [0.3, 0.4) is 0 Å². The van der Waals surface area contributed by atoms with Crippen molar-refractivity contribution < 1.29 is 19.1 Å². The number of aromatic nitrogens is 2. The highest BCUT2D eigenvalue weighted by Gasteiger charge is 2.19. The molecule has 1 aliphatic heterocycles. The molecule has 0 saturated heterocycles. The largest absolute Gasteiger partial charge is 0.454 e. The Bertz CT molecular complexity index is 872. The summed E-state index contributed by atoms with van der Waals surface area (Å²) in [5.41, 5.74) is 4.90. The van der Waals surface area contributed by atoms with Crippen LogP contribution < -0.4 is 25.2 Å². The predicted octanol–water partition coefficient (Wildman–Crippen LogP) is 1.78. The maximum Gasteiger partial charge on any atom is 0.290 e. The zero-order chi connectivity index (χ0) is 19.4. The molecule has 0 radical (unpaired) electrons. The van der Waals surface area contributed by atoms with Crippen LogP contribution >= 0.6 is 11.6 Å². The second-order valence-corrected chi connectivity index (χ2v) is 5.92. The van der Waals surface area contributed by atoms with Gasteiger partial charge in [0.2, 0.25) is 12.7 Å². The molecule has 0 atom stereocenters. The SMILES string of the molecule is CCN(CC)c1ncc(Cl)c(C(=O)NNC(=O)c2ccc3c(c2)OCO3)n1. The van der Waals surface area contributed by atoms with Gasteiger partial charge in [0.05, 0.1) is 11.2 Å². The topological polar surface area (TPSA) is 106 Å². The molecular weight excluding hydrogens is 374 g/mol. The van der Waals surface area contributed by atoms with Crippen molar-refractivity contribution in [1.82, 2.24) is 20.8 Å². The van der Waals surface area contributed by atoms with Gasteiger partial charge in [-0.25, -0.2) is 9.97 Å². The van der Waals surface area contributed by atoms with Crippen LogP contribution in [0, 0.1) is 0 Å². The minimum absolute atomic E-state index is 0.0282. The number of nitrogens with one attached hydrogen (secondary N) is 2. The molecule has 0 unspecified atom stereocenters. The molecular formula is C17H18ClN5O4. The number of amides is 2. The number of benzene rings is 1. The minimum atomic E-state index is -0.648. The second-order valence-electron chi connectivity index (χ2n) is 5.52. The van der Waals surface area contributed by atoms with Crippen molar-refractivity contribution in [3.8, 4) is 11.5 Å². The lowest BCUT2D eigenvalue weighted by Crippen LogP contribution is -2.42. The Kier molecular flexibility index (Phi) is 5.60. The number of fused-ring (bicyclic) bond motifs is 1.